The number of halogens is 1. The molecule has 0 atom stereocenters. The summed E-state index contributed by atoms with van der Waals surface area (Å²) in [4.78, 5) is 0. The van der Waals surface area contributed by atoms with E-state index in [0.29, 0.717) is 6.61 Å². The van der Waals surface area contributed by atoms with E-state index in [-0.39, 0.29) is 0 Å². The molecule has 4 rings (SSSR count). The standard InChI is InChI=1S/C23H22ClN5OS/c24-20-10-6-19(7-11-20)17-30-22-12-8-18(9-13-22)16-25-14-15-31-23-26-27-28-29(23)21-4-2-1-3-5-21/h1-13,25H,14-17H2. The summed E-state index contributed by atoms with van der Waals surface area (Å²) in [5.74, 6) is 1.72. The van der Waals surface area contributed by atoms with Crippen LogP contribution in [0.5, 0.6) is 5.75 Å². The van der Waals surface area contributed by atoms with Crippen molar-refractivity contribution >= 4 is 23.4 Å². The number of ether oxygens (including phenoxy) is 1. The summed E-state index contributed by atoms with van der Waals surface area (Å²) in [6, 6.07) is 25.7. The van der Waals surface area contributed by atoms with Crippen LogP contribution in [0.1, 0.15) is 11.1 Å². The lowest BCUT2D eigenvalue weighted by molar-refractivity contribution is 0.306. The van der Waals surface area contributed by atoms with Crippen LogP contribution in [0.2, 0.25) is 5.02 Å². The van der Waals surface area contributed by atoms with Crippen LogP contribution in [0.25, 0.3) is 5.69 Å². The van der Waals surface area contributed by atoms with Crippen molar-refractivity contribution in [2.24, 2.45) is 0 Å². The van der Waals surface area contributed by atoms with Gasteiger partial charge in [-0.2, -0.15) is 4.68 Å². The number of aromatic nitrogens is 4. The summed E-state index contributed by atoms with van der Waals surface area (Å²) in [7, 11) is 0. The molecule has 0 unspecified atom stereocenters. The molecule has 0 radical (unpaired) electrons. The number of hydrogen-bond acceptors (Lipinski definition) is 6. The van der Waals surface area contributed by atoms with E-state index in [4.69, 9.17) is 16.3 Å². The molecule has 0 aliphatic carbocycles. The minimum Gasteiger partial charge on any atom is -0.489 e. The molecule has 158 valence electrons. The molecular formula is C23H22ClN5OS. The number of benzene rings is 3. The van der Waals surface area contributed by atoms with Crippen LogP contribution in [0.4, 0.5) is 0 Å². The quantitative estimate of drug-likeness (QED) is 0.276. The van der Waals surface area contributed by atoms with Gasteiger partial charge in [-0.25, -0.2) is 0 Å². The topological polar surface area (TPSA) is 64.9 Å². The minimum absolute atomic E-state index is 0.522. The fraction of sp³-hybridized carbons (Fsp3) is 0.174. The van der Waals surface area contributed by atoms with E-state index in [9.17, 15) is 0 Å². The first-order valence-electron chi connectivity index (χ1n) is 9.91. The first kappa shape index (κ1) is 21.4. The third-order valence-electron chi connectivity index (χ3n) is 4.52. The van der Waals surface area contributed by atoms with Gasteiger partial charge in [0.25, 0.3) is 0 Å². The van der Waals surface area contributed by atoms with Crippen LogP contribution in [0.3, 0.4) is 0 Å². The van der Waals surface area contributed by atoms with Crippen molar-refractivity contribution in [3.63, 3.8) is 0 Å². The maximum atomic E-state index is 5.91. The largest absolute Gasteiger partial charge is 0.489 e. The molecule has 0 aliphatic rings. The zero-order valence-corrected chi connectivity index (χ0v) is 18.4. The summed E-state index contributed by atoms with van der Waals surface area (Å²) in [5, 5.41) is 17.0. The Morgan fingerprint density at radius 3 is 2.42 bits per heavy atom. The molecule has 0 saturated heterocycles. The summed E-state index contributed by atoms with van der Waals surface area (Å²) < 4.78 is 7.59. The first-order valence-corrected chi connectivity index (χ1v) is 11.3. The van der Waals surface area contributed by atoms with Gasteiger partial charge in [0.1, 0.15) is 12.4 Å². The molecule has 0 amide bonds. The van der Waals surface area contributed by atoms with Gasteiger partial charge in [0, 0.05) is 23.9 Å². The lowest BCUT2D eigenvalue weighted by atomic mass is 10.2. The highest BCUT2D eigenvalue weighted by Crippen LogP contribution is 2.18. The van der Waals surface area contributed by atoms with E-state index < -0.39 is 0 Å². The van der Waals surface area contributed by atoms with Crippen LogP contribution in [0.15, 0.2) is 84.0 Å². The molecular weight excluding hydrogens is 430 g/mol. The second kappa shape index (κ2) is 10.9. The highest BCUT2D eigenvalue weighted by molar-refractivity contribution is 7.99. The highest BCUT2D eigenvalue weighted by Gasteiger charge is 2.08. The molecule has 1 N–H and O–H groups in total. The molecule has 0 spiro atoms. The van der Waals surface area contributed by atoms with Gasteiger partial charge in [-0.1, -0.05) is 65.8 Å². The van der Waals surface area contributed by atoms with Crippen molar-refractivity contribution in [1.82, 2.24) is 25.5 Å². The van der Waals surface area contributed by atoms with E-state index in [0.717, 1.165) is 46.0 Å². The van der Waals surface area contributed by atoms with Crippen LogP contribution >= 0.6 is 23.4 Å². The molecule has 1 aromatic heterocycles. The second-order valence-electron chi connectivity index (χ2n) is 6.79. The number of nitrogens with one attached hydrogen (secondary N) is 1. The number of tetrazole rings is 1. The number of para-hydroxylation sites is 1. The zero-order valence-electron chi connectivity index (χ0n) is 16.8. The zero-order chi connectivity index (χ0) is 21.3. The van der Waals surface area contributed by atoms with Crippen LogP contribution < -0.4 is 10.1 Å². The van der Waals surface area contributed by atoms with Gasteiger partial charge < -0.3 is 10.1 Å². The summed E-state index contributed by atoms with van der Waals surface area (Å²) in [6.07, 6.45) is 0. The van der Waals surface area contributed by atoms with Crippen molar-refractivity contribution in [2.75, 3.05) is 12.3 Å². The molecule has 3 aromatic carbocycles. The molecule has 31 heavy (non-hydrogen) atoms. The Hall–Kier alpha value is -2.87. The van der Waals surface area contributed by atoms with Crippen LogP contribution in [-0.2, 0) is 13.2 Å². The molecule has 1 heterocycles. The average Bonchev–Trinajstić information content (AvgIpc) is 3.28. The van der Waals surface area contributed by atoms with Gasteiger partial charge in [-0.15, -0.1) is 5.10 Å². The van der Waals surface area contributed by atoms with Gasteiger partial charge in [-0.3, -0.25) is 0 Å². The number of hydrogen-bond donors (Lipinski definition) is 1. The van der Waals surface area contributed by atoms with Crippen LogP contribution in [0, 0.1) is 0 Å². The second-order valence-corrected chi connectivity index (χ2v) is 8.29. The van der Waals surface area contributed by atoms with Crippen molar-refractivity contribution < 1.29 is 4.74 Å². The van der Waals surface area contributed by atoms with Gasteiger partial charge in [0.2, 0.25) is 5.16 Å². The van der Waals surface area contributed by atoms with Crippen molar-refractivity contribution in [3.8, 4) is 11.4 Å². The predicted octanol–water partition coefficient (Wildman–Crippen LogP) is 4.78. The summed E-state index contributed by atoms with van der Waals surface area (Å²) in [5.41, 5.74) is 3.25. The SMILES string of the molecule is Clc1ccc(COc2ccc(CNCCSc3nnnn3-c3ccccc3)cc2)cc1. The van der Waals surface area contributed by atoms with E-state index in [1.807, 2.05) is 66.7 Å². The van der Waals surface area contributed by atoms with Gasteiger partial charge in [-0.05, 0) is 58.0 Å². The predicted molar refractivity (Wildman–Crippen MR) is 124 cm³/mol. The normalized spacial score (nSPS) is 10.9. The van der Waals surface area contributed by atoms with E-state index >= 15 is 0 Å². The van der Waals surface area contributed by atoms with E-state index in [1.54, 1.807) is 16.4 Å². The molecule has 8 heteroatoms. The number of thioether (sulfide) groups is 1. The summed E-state index contributed by atoms with van der Waals surface area (Å²) >= 11 is 7.54. The third-order valence-corrected chi connectivity index (χ3v) is 5.70. The molecule has 0 aliphatic heterocycles. The Morgan fingerprint density at radius 1 is 0.903 bits per heavy atom. The van der Waals surface area contributed by atoms with Crippen molar-refractivity contribution in [1.29, 1.82) is 0 Å². The molecule has 4 aromatic rings. The fourth-order valence-corrected chi connectivity index (χ4v) is 3.81. The number of rotatable bonds is 10. The maximum Gasteiger partial charge on any atom is 0.214 e. The number of nitrogens with zero attached hydrogens (tertiary/aromatic N) is 4. The van der Waals surface area contributed by atoms with Gasteiger partial charge in [0.15, 0.2) is 0 Å². The third kappa shape index (κ3) is 6.30. The molecule has 0 saturated carbocycles. The average molecular weight is 452 g/mol. The Bertz CT molecular complexity index is 1070. The van der Waals surface area contributed by atoms with Crippen molar-refractivity contribution in [3.05, 3.63) is 95.0 Å². The highest BCUT2D eigenvalue weighted by atomic mass is 35.5. The Labute approximate surface area is 190 Å². The monoisotopic (exact) mass is 451 g/mol. The van der Waals surface area contributed by atoms with E-state index in [1.165, 1.54) is 5.56 Å². The van der Waals surface area contributed by atoms with Crippen molar-refractivity contribution in [2.45, 2.75) is 18.3 Å². The smallest absolute Gasteiger partial charge is 0.214 e. The van der Waals surface area contributed by atoms with E-state index in [2.05, 4.69) is 33.0 Å². The minimum atomic E-state index is 0.522. The molecule has 6 nitrogen and oxygen atoms in total. The Kier molecular flexibility index (Phi) is 7.55. The van der Waals surface area contributed by atoms with Gasteiger partial charge in [0.05, 0.1) is 5.69 Å². The summed E-state index contributed by atoms with van der Waals surface area (Å²) in [6.45, 7) is 2.16. The fourth-order valence-electron chi connectivity index (χ4n) is 2.90. The molecule has 0 bridgehead atoms. The first-order chi connectivity index (χ1) is 15.3. The maximum absolute atomic E-state index is 5.91. The van der Waals surface area contributed by atoms with Gasteiger partial charge >= 0.3 is 0 Å². The Balaban J connectivity index is 1.18. The molecule has 0 fully saturated rings. The lowest BCUT2D eigenvalue weighted by Gasteiger charge is -2.08. The lowest BCUT2D eigenvalue weighted by Crippen LogP contribution is -2.16. The Morgan fingerprint density at radius 2 is 1.65 bits per heavy atom. The van der Waals surface area contributed by atoms with Crippen LogP contribution in [-0.4, -0.2) is 32.5 Å².